The van der Waals surface area contributed by atoms with E-state index in [0.717, 1.165) is 12.8 Å². The molecule has 0 aromatic heterocycles. The molecule has 0 bridgehead atoms. The lowest BCUT2D eigenvalue weighted by molar-refractivity contribution is 0.137. The Balaban J connectivity index is 2.59. The van der Waals surface area contributed by atoms with Crippen molar-refractivity contribution in [3.05, 3.63) is 12.2 Å². The van der Waals surface area contributed by atoms with Crippen molar-refractivity contribution in [1.29, 1.82) is 5.26 Å². The second-order valence-electron chi connectivity index (χ2n) is 2.23. The van der Waals surface area contributed by atoms with Gasteiger partial charge in [-0.15, -0.1) is 0 Å². The number of nitrogens with zero attached hydrogens (tertiary/aromatic N) is 1. The minimum Gasteiger partial charge on any atom is -0.391 e. The molecule has 0 heterocycles. The van der Waals surface area contributed by atoms with Gasteiger partial charge in [0.2, 0.25) is 0 Å². The van der Waals surface area contributed by atoms with E-state index in [1.54, 1.807) is 6.08 Å². The standard InChI is InChI=1S/C7H9NO/c8-5-6-3-1-2-4-7(6)9/h1,3,6-7,9H,2,4H2. The van der Waals surface area contributed by atoms with Crippen LogP contribution in [0.3, 0.4) is 0 Å². The molecule has 9 heavy (non-hydrogen) atoms. The lowest BCUT2D eigenvalue weighted by Gasteiger charge is -2.15. The molecule has 2 atom stereocenters. The average molecular weight is 123 g/mol. The van der Waals surface area contributed by atoms with Gasteiger partial charge in [-0.1, -0.05) is 12.2 Å². The van der Waals surface area contributed by atoms with Crippen LogP contribution in [0.5, 0.6) is 0 Å². The molecular formula is C7H9NO. The number of aliphatic hydroxyl groups excluding tert-OH is 1. The summed E-state index contributed by atoms with van der Waals surface area (Å²) in [6.07, 6.45) is 4.92. The van der Waals surface area contributed by atoms with Crippen LogP contribution < -0.4 is 0 Å². The Morgan fingerprint density at radius 2 is 2.44 bits per heavy atom. The number of rotatable bonds is 0. The van der Waals surface area contributed by atoms with Gasteiger partial charge < -0.3 is 5.11 Å². The summed E-state index contributed by atoms with van der Waals surface area (Å²) in [6.45, 7) is 0. The first-order chi connectivity index (χ1) is 4.34. The zero-order valence-electron chi connectivity index (χ0n) is 5.12. The van der Waals surface area contributed by atoms with Gasteiger partial charge in [-0.3, -0.25) is 0 Å². The SMILES string of the molecule is N#CC1C=CCCC1O. The monoisotopic (exact) mass is 123 g/mol. The lowest BCUT2D eigenvalue weighted by atomic mass is 9.94. The highest BCUT2D eigenvalue weighted by Gasteiger charge is 2.17. The van der Waals surface area contributed by atoms with Crippen LogP contribution in [0, 0.1) is 17.2 Å². The molecule has 0 spiro atoms. The lowest BCUT2D eigenvalue weighted by Crippen LogP contribution is -2.19. The first-order valence-corrected chi connectivity index (χ1v) is 3.09. The molecule has 0 aromatic carbocycles. The van der Waals surface area contributed by atoms with E-state index in [2.05, 4.69) is 0 Å². The Labute approximate surface area is 54.4 Å². The van der Waals surface area contributed by atoms with Crippen molar-refractivity contribution in [3.63, 3.8) is 0 Å². The van der Waals surface area contributed by atoms with Crippen molar-refractivity contribution in [3.8, 4) is 6.07 Å². The van der Waals surface area contributed by atoms with E-state index >= 15 is 0 Å². The molecular weight excluding hydrogens is 114 g/mol. The fourth-order valence-corrected chi connectivity index (χ4v) is 0.947. The van der Waals surface area contributed by atoms with Crippen molar-refractivity contribution < 1.29 is 5.11 Å². The highest BCUT2D eigenvalue weighted by Crippen LogP contribution is 2.16. The van der Waals surface area contributed by atoms with Gasteiger partial charge in [0, 0.05) is 0 Å². The van der Waals surface area contributed by atoms with E-state index < -0.39 is 6.10 Å². The molecule has 2 unspecified atom stereocenters. The van der Waals surface area contributed by atoms with Crippen LogP contribution in [-0.4, -0.2) is 11.2 Å². The third-order valence-electron chi connectivity index (χ3n) is 1.54. The van der Waals surface area contributed by atoms with Gasteiger partial charge >= 0.3 is 0 Å². The van der Waals surface area contributed by atoms with Gasteiger partial charge in [-0.25, -0.2) is 0 Å². The summed E-state index contributed by atoms with van der Waals surface area (Å²) >= 11 is 0. The fraction of sp³-hybridized carbons (Fsp3) is 0.571. The van der Waals surface area contributed by atoms with Gasteiger partial charge in [0.15, 0.2) is 0 Å². The molecule has 0 saturated carbocycles. The van der Waals surface area contributed by atoms with Crippen LogP contribution in [-0.2, 0) is 0 Å². The van der Waals surface area contributed by atoms with E-state index in [-0.39, 0.29) is 5.92 Å². The third-order valence-corrected chi connectivity index (χ3v) is 1.54. The van der Waals surface area contributed by atoms with E-state index in [0.29, 0.717) is 0 Å². The predicted molar refractivity (Wildman–Crippen MR) is 33.5 cm³/mol. The van der Waals surface area contributed by atoms with Crippen LogP contribution in [0.4, 0.5) is 0 Å². The number of hydrogen-bond donors (Lipinski definition) is 1. The normalized spacial score (nSPS) is 33.8. The molecule has 1 rings (SSSR count). The van der Waals surface area contributed by atoms with E-state index in [1.807, 2.05) is 12.1 Å². The van der Waals surface area contributed by atoms with Gasteiger partial charge in [0.1, 0.15) is 0 Å². The molecule has 1 N–H and O–H groups in total. The van der Waals surface area contributed by atoms with E-state index in [1.165, 1.54) is 0 Å². The summed E-state index contributed by atoms with van der Waals surface area (Å²) in [7, 11) is 0. The minimum absolute atomic E-state index is 0.265. The molecule has 1 aliphatic rings. The van der Waals surface area contributed by atoms with Crippen LogP contribution >= 0.6 is 0 Å². The van der Waals surface area contributed by atoms with Crippen LogP contribution in [0.2, 0.25) is 0 Å². The maximum Gasteiger partial charge on any atom is 0.0902 e. The zero-order valence-corrected chi connectivity index (χ0v) is 5.12. The minimum atomic E-state index is -0.431. The molecule has 0 amide bonds. The van der Waals surface area contributed by atoms with Crippen molar-refractivity contribution in [2.24, 2.45) is 5.92 Å². The van der Waals surface area contributed by atoms with E-state index in [4.69, 9.17) is 10.4 Å². The van der Waals surface area contributed by atoms with Crippen LogP contribution in [0.15, 0.2) is 12.2 Å². The molecule has 0 fully saturated rings. The predicted octanol–water partition coefficient (Wildman–Crippen LogP) is 0.837. The second kappa shape index (κ2) is 2.65. The third kappa shape index (κ3) is 1.30. The molecule has 2 heteroatoms. The number of allylic oxidation sites excluding steroid dienone is 1. The van der Waals surface area contributed by atoms with Crippen molar-refractivity contribution in [1.82, 2.24) is 0 Å². The molecule has 2 nitrogen and oxygen atoms in total. The number of nitriles is 1. The van der Waals surface area contributed by atoms with Gasteiger partial charge in [0.25, 0.3) is 0 Å². The van der Waals surface area contributed by atoms with Crippen molar-refractivity contribution >= 4 is 0 Å². The number of aliphatic hydroxyl groups is 1. The highest BCUT2D eigenvalue weighted by molar-refractivity contribution is 5.06. The second-order valence-corrected chi connectivity index (χ2v) is 2.23. The first-order valence-electron chi connectivity index (χ1n) is 3.09. The molecule has 1 aliphatic carbocycles. The largest absolute Gasteiger partial charge is 0.391 e. The molecule has 0 aliphatic heterocycles. The van der Waals surface area contributed by atoms with Crippen molar-refractivity contribution in [2.75, 3.05) is 0 Å². The first kappa shape index (κ1) is 6.31. The maximum absolute atomic E-state index is 9.10. The molecule has 0 saturated heterocycles. The Morgan fingerprint density at radius 1 is 1.67 bits per heavy atom. The molecule has 48 valence electrons. The van der Waals surface area contributed by atoms with Crippen molar-refractivity contribution in [2.45, 2.75) is 18.9 Å². The highest BCUT2D eigenvalue weighted by atomic mass is 16.3. The Hall–Kier alpha value is -0.810. The van der Waals surface area contributed by atoms with Crippen LogP contribution in [0.25, 0.3) is 0 Å². The van der Waals surface area contributed by atoms with Gasteiger partial charge in [0.05, 0.1) is 18.1 Å². The summed E-state index contributed by atoms with van der Waals surface area (Å²) in [4.78, 5) is 0. The maximum atomic E-state index is 9.10. The molecule has 0 aromatic rings. The smallest absolute Gasteiger partial charge is 0.0902 e. The van der Waals surface area contributed by atoms with E-state index in [9.17, 15) is 0 Å². The topological polar surface area (TPSA) is 44.0 Å². The Bertz CT molecular complexity index is 157. The number of hydrogen-bond acceptors (Lipinski definition) is 2. The quantitative estimate of drug-likeness (QED) is 0.485. The molecule has 0 radical (unpaired) electrons. The summed E-state index contributed by atoms with van der Waals surface area (Å²) in [6, 6.07) is 2.02. The summed E-state index contributed by atoms with van der Waals surface area (Å²) < 4.78 is 0. The fourth-order valence-electron chi connectivity index (χ4n) is 0.947. The average Bonchev–Trinajstić information content (AvgIpc) is 1.89. The van der Waals surface area contributed by atoms with Gasteiger partial charge in [-0.05, 0) is 12.8 Å². The summed E-state index contributed by atoms with van der Waals surface area (Å²) in [5.41, 5.74) is 0. The summed E-state index contributed by atoms with van der Waals surface area (Å²) in [5.74, 6) is -0.265. The Morgan fingerprint density at radius 3 is 2.89 bits per heavy atom. The van der Waals surface area contributed by atoms with Gasteiger partial charge in [-0.2, -0.15) is 5.26 Å². The summed E-state index contributed by atoms with van der Waals surface area (Å²) in [5, 5.41) is 17.5. The van der Waals surface area contributed by atoms with Crippen LogP contribution in [0.1, 0.15) is 12.8 Å². The zero-order chi connectivity index (χ0) is 6.69. The Kier molecular flexibility index (Phi) is 1.86.